The molecule has 0 N–H and O–H groups in total. The second kappa shape index (κ2) is 4.63. The topological polar surface area (TPSA) is 87.2 Å². The van der Waals surface area contributed by atoms with Crippen molar-refractivity contribution >= 4 is 10.0 Å². The SMILES string of the molecule is CCN(CC#N)S(=O)(=O)c1c(C)noc1C. The summed E-state index contributed by atoms with van der Waals surface area (Å²) in [6, 6.07) is 1.82. The fourth-order valence-electron chi connectivity index (χ4n) is 1.42. The fourth-order valence-corrected chi connectivity index (χ4v) is 3.05. The van der Waals surface area contributed by atoms with Crippen LogP contribution < -0.4 is 0 Å². The molecule has 88 valence electrons. The number of sulfonamides is 1. The van der Waals surface area contributed by atoms with Gasteiger partial charge in [-0.15, -0.1) is 0 Å². The van der Waals surface area contributed by atoms with Gasteiger partial charge in [0.1, 0.15) is 17.1 Å². The molecule has 0 aromatic carbocycles. The van der Waals surface area contributed by atoms with Gasteiger partial charge in [0.05, 0.1) is 6.07 Å². The maximum atomic E-state index is 12.1. The van der Waals surface area contributed by atoms with Crippen molar-refractivity contribution in [1.29, 1.82) is 5.26 Å². The molecule has 0 unspecified atom stereocenters. The van der Waals surface area contributed by atoms with Crippen molar-refractivity contribution in [3.05, 3.63) is 11.5 Å². The summed E-state index contributed by atoms with van der Waals surface area (Å²) in [5.41, 5.74) is 0.314. The molecule has 0 aliphatic rings. The van der Waals surface area contributed by atoms with Crippen LogP contribution in [0.25, 0.3) is 0 Å². The molecule has 0 radical (unpaired) electrons. The molecule has 0 amide bonds. The number of aromatic nitrogens is 1. The Morgan fingerprint density at radius 3 is 2.50 bits per heavy atom. The Balaban J connectivity index is 3.26. The van der Waals surface area contributed by atoms with Crippen LogP contribution >= 0.6 is 0 Å². The van der Waals surface area contributed by atoms with Crippen LogP contribution in [0.2, 0.25) is 0 Å². The average molecular weight is 243 g/mol. The monoisotopic (exact) mass is 243 g/mol. The minimum absolute atomic E-state index is 0.0598. The third kappa shape index (κ3) is 2.08. The molecule has 1 rings (SSSR count). The molecule has 1 aromatic heterocycles. The van der Waals surface area contributed by atoms with E-state index in [0.717, 1.165) is 4.31 Å². The Bertz CT molecular complexity index is 493. The van der Waals surface area contributed by atoms with Gasteiger partial charge in [-0.3, -0.25) is 0 Å². The van der Waals surface area contributed by atoms with E-state index in [1.165, 1.54) is 6.92 Å². The summed E-state index contributed by atoms with van der Waals surface area (Å²) in [6.45, 7) is 4.83. The average Bonchev–Trinajstić information content (AvgIpc) is 2.55. The summed E-state index contributed by atoms with van der Waals surface area (Å²) in [5, 5.41) is 12.2. The smallest absolute Gasteiger partial charge is 0.249 e. The second-order valence-electron chi connectivity index (χ2n) is 3.24. The zero-order valence-electron chi connectivity index (χ0n) is 9.39. The summed E-state index contributed by atoms with van der Waals surface area (Å²) in [7, 11) is -3.68. The van der Waals surface area contributed by atoms with Crippen LogP contribution in [-0.4, -0.2) is 31.0 Å². The molecule has 0 saturated carbocycles. The first kappa shape index (κ1) is 12.7. The van der Waals surface area contributed by atoms with Gasteiger partial charge in [0.2, 0.25) is 10.0 Å². The molecule has 0 aliphatic carbocycles. The minimum atomic E-state index is -3.68. The lowest BCUT2D eigenvalue weighted by Gasteiger charge is -2.16. The van der Waals surface area contributed by atoms with Crippen LogP contribution in [0.5, 0.6) is 0 Å². The van der Waals surface area contributed by atoms with E-state index in [-0.39, 0.29) is 23.7 Å². The lowest BCUT2D eigenvalue weighted by molar-refractivity contribution is 0.389. The van der Waals surface area contributed by atoms with Gasteiger partial charge in [0.15, 0.2) is 5.76 Å². The highest BCUT2D eigenvalue weighted by molar-refractivity contribution is 7.89. The molecule has 6 nitrogen and oxygen atoms in total. The van der Waals surface area contributed by atoms with E-state index in [2.05, 4.69) is 5.16 Å². The summed E-state index contributed by atoms with van der Waals surface area (Å²) < 4.78 is 30.2. The van der Waals surface area contributed by atoms with Crippen LogP contribution in [0.4, 0.5) is 0 Å². The molecule has 0 fully saturated rings. The number of nitrogens with zero attached hydrogens (tertiary/aromatic N) is 3. The van der Waals surface area contributed by atoms with Gasteiger partial charge < -0.3 is 4.52 Å². The van der Waals surface area contributed by atoms with E-state index >= 15 is 0 Å². The molecule has 16 heavy (non-hydrogen) atoms. The molecule has 7 heteroatoms. The van der Waals surface area contributed by atoms with Gasteiger partial charge in [-0.05, 0) is 13.8 Å². The minimum Gasteiger partial charge on any atom is -0.360 e. The van der Waals surface area contributed by atoms with Crippen LogP contribution in [0.3, 0.4) is 0 Å². The van der Waals surface area contributed by atoms with Crippen LogP contribution in [0.1, 0.15) is 18.4 Å². The Morgan fingerprint density at radius 2 is 2.12 bits per heavy atom. The number of hydrogen-bond acceptors (Lipinski definition) is 5. The van der Waals surface area contributed by atoms with E-state index in [4.69, 9.17) is 9.78 Å². The number of hydrogen-bond donors (Lipinski definition) is 0. The molecular weight excluding hydrogens is 230 g/mol. The van der Waals surface area contributed by atoms with Crippen molar-refractivity contribution in [1.82, 2.24) is 9.46 Å². The van der Waals surface area contributed by atoms with Gasteiger partial charge in [-0.25, -0.2) is 8.42 Å². The Morgan fingerprint density at radius 1 is 1.50 bits per heavy atom. The van der Waals surface area contributed by atoms with Crippen LogP contribution in [-0.2, 0) is 10.0 Å². The van der Waals surface area contributed by atoms with Gasteiger partial charge in [-0.2, -0.15) is 9.57 Å². The molecule has 0 atom stereocenters. The zero-order chi connectivity index (χ0) is 12.3. The van der Waals surface area contributed by atoms with E-state index in [9.17, 15) is 8.42 Å². The van der Waals surface area contributed by atoms with Gasteiger partial charge >= 0.3 is 0 Å². The zero-order valence-corrected chi connectivity index (χ0v) is 10.2. The third-order valence-electron chi connectivity index (χ3n) is 2.17. The van der Waals surface area contributed by atoms with E-state index < -0.39 is 10.0 Å². The van der Waals surface area contributed by atoms with Crippen molar-refractivity contribution < 1.29 is 12.9 Å². The highest BCUT2D eigenvalue weighted by atomic mass is 32.2. The first-order chi connectivity index (χ1) is 7.45. The standard InChI is InChI=1S/C9H13N3O3S/c1-4-12(6-5-10)16(13,14)9-7(2)11-15-8(9)3/h4,6H2,1-3H3. The molecule has 0 bridgehead atoms. The number of nitriles is 1. The lowest BCUT2D eigenvalue weighted by atomic mass is 10.4. The molecule has 0 spiro atoms. The summed E-state index contributed by atoms with van der Waals surface area (Å²) in [6.07, 6.45) is 0. The Hall–Kier alpha value is -1.39. The van der Waals surface area contributed by atoms with Crippen LogP contribution in [0.15, 0.2) is 9.42 Å². The second-order valence-corrected chi connectivity index (χ2v) is 5.12. The molecule has 1 aromatic rings. The molecule has 1 heterocycles. The first-order valence-electron chi connectivity index (χ1n) is 4.75. The van der Waals surface area contributed by atoms with Crippen molar-refractivity contribution in [2.24, 2.45) is 0 Å². The van der Waals surface area contributed by atoms with Crippen molar-refractivity contribution in [3.8, 4) is 6.07 Å². The van der Waals surface area contributed by atoms with E-state index in [0.29, 0.717) is 5.69 Å². The molecule has 0 saturated heterocycles. The Labute approximate surface area is 94.5 Å². The van der Waals surface area contributed by atoms with E-state index in [1.54, 1.807) is 13.8 Å². The largest absolute Gasteiger partial charge is 0.360 e. The molecule has 0 aliphatic heterocycles. The number of rotatable bonds is 4. The maximum Gasteiger partial charge on any atom is 0.249 e. The highest BCUT2D eigenvalue weighted by Gasteiger charge is 2.29. The van der Waals surface area contributed by atoms with Crippen molar-refractivity contribution in [3.63, 3.8) is 0 Å². The highest BCUT2D eigenvalue weighted by Crippen LogP contribution is 2.22. The predicted molar refractivity (Wildman–Crippen MR) is 56.0 cm³/mol. The summed E-state index contributed by atoms with van der Waals surface area (Å²) in [5.74, 6) is 0.244. The molecular formula is C9H13N3O3S. The maximum absolute atomic E-state index is 12.1. The predicted octanol–water partition coefficient (Wildman–Crippen LogP) is 0.826. The quantitative estimate of drug-likeness (QED) is 0.731. The Kier molecular flexibility index (Phi) is 3.67. The summed E-state index contributed by atoms with van der Waals surface area (Å²) in [4.78, 5) is 0.0598. The van der Waals surface area contributed by atoms with Gasteiger partial charge in [0.25, 0.3) is 0 Å². The normalized spacial score (nSPS) is 11.7. The van der Waals surface area contributed by atoms with Crippen LogP contribution in [0, 0.1) is 25.2 Å². The fraction of sp³-hybridized carbons (Fsp3) is 0.556. The van der Waals surface area contributed by atoms with Gasteiger partial charge in [-0.1, -0.05) is 12.1 Å². The van der Waals surface area contributed by atoms with Crippen molar-refractivity contribution in [2.45, 2.75) is 25.7 Å². The van der Waals surface area contributed by atoms with E-state index in [1.807, 2.05) is 6.07 Å². The first-order valence-corrected chi connectivity index (χ1v) is 6.19. The summed E-state index contributed by atoms with van der Waals surface area (Å²) >= 11 is 0. The lowest BCUT2D eigenvalue weighted by Crippen LogP contribution is -2.31. The van der Waals surface area contributed by atoms with Crippen molar-refractivity contribution in [2.75, 3.05) is 13.1 Å². The number of aryl methyl sites for hydroxylation is 2. The van der Waals surface area contributed by atoms with Gasteiger partial charge in [0, 0.05) is 6.54 Å². The third-order valence-corrected chi connectivity index (χ3v) is 4.33.